The lowest BCUT2D eigenvalue weighted by atomic mass is 9.88. The molecule has 6 heteroatoms. The second-order valence-electron chi connectivity index (χ2n) is 6.53. The minimum Gasteiger partial charge on any atom is -0.466 e. The molecule has 0 saturated carbocycles. The largest absolute Gasteiger partial charge is 0.466 e. The van der Waals surface area contributed by atoms with Gasteiger partial charge >= 0.3 is 5.97 Å². The third-order valence-electron chi connectivity index (χ3n) is 4.79. The van der Waals surface area contributed by atoms with Crippen LogP contribution in [0.25, 0.3) is 11.1 Å². The maximum Gasteiger partial charge on any atom is 0.341 e. The fourth-order valence-corrected chi connectivity index (χ4v) is 4.78. The summed E-state index contributed by atoms with van der Waals surface area (Å²) in [6.45, 7) is 3.54. The predicted molar refractivity (Wildman–Crippen MR) is 105 cm³/mol. The highest BCUT2D eigenvalue weighted by atomic mass is 32.1. The van der Waals surface area contributed by atoms with Gasteiger partial charge in [-0.2, -0.15) is 0 Å². The molecule has 0 bridgehead atoms. The van der Waals surface area contributed by atoms with E-state index in [0.717, 1.165) is 28.8 Å². The van der Waals surface area contributed by atoms with Crippen molar-refractivity contribution in [3.8, 4) is 11.1 Å². The van der Waals surface area contributed by atoms with Crippen molar-refractivity contribution in [2.75, 3.05) is 12.4 Å². The number of anilines is 1. The number of fused-ring (bicyclic) bond motifs is 3. The topological polar surface area (TPSA) is 68.5 Å². The van der Waals surface area contributed by atoms with E-state index in [1.165, 1.54) is 24.0 Å². The van der Waals surface area contributed by atoms with Crippen molar-refractivity contribution in [2.24, 2.45) is 0 Å². The Hall–Kier alpha value is -2.86. The minimum absolute atomic E-state index is 0.290. The van der Waals surface area contributed by atoms with E-state index in [-0.39, 0.29) is 5.91 Å². The molecule has 1 aliphatic carbocycles. The van der Waals surface area contributed by atoms with Gasteiger partial charge in [0.25, 0.3) is 5.91 Å². The fraction of sp³-hybridized carbons (Fsp3) is 0.238. The lowest BCUT2D eigenvalue weighted by Gasteiger charge is -2.17. The Labute approximate surface area is 161 Å². The lowest BCUT2D eigenvalue weighted by Crippen LogP contribution is -2.14. The number of furan rings is 1. The first kappa shape index (κ1) is 17.5. The van der Waals surface area contributed by atoms with Gasteiger partial charge in [-0.05, 0) is 43.9 Å². The normalized spacial score (nSPS) is 12.3. The van der Waals surface area contributed by atoms with Gasteiger partial charge in [-0.1, -0.05) is 24.3 Å². The molecule has 0 spiro atoms. The van der Waals surface area contributed by atoms with Crippen LogP contribution in [0, 0.1) is 13.8 Å². The lowest BCUT2D eigenvalue weighted by molar-refractivity contribution is 0.0603. The zero-order chi connectivity index (χ0) is 19.1. The molecule has 4 rings (SSSR count). The summed E-state index contributed by atoms with van der Waals surface area (Å²) in [6.07, 6.45) is 1.75. The van der Waals surface area contributed by atoms with Gasteiger partial charge in [-0.15, -0.1) is 11.3 Å². The molecule has 0 unspecified atom stereocenters. The average molecular weight is 381 g/mol. The van der Waals surface area contributed by atoms with Crippen molar-refractivity contribution >= 4 is 28.2 Å². The van der Waals surface area contributed by atoms with Crippen LogP contribution in [-0.4, -0.2) is 19.0 Å². The summed E-state index contributed by atoms with van der Waals surface area (Å²) in [4.78, 5) is 26.4. The van der Waals surface area contributed by atoms with Crippen LogP contribution in [0.5, 0.6) is 0 Å². The van der Waals surface area contributed by atoms with Crippen molar-refractivity contribution in [3.63, 3.8) is 0 Å². The Kier molecular flexibility index (Phi) is 4.36. The zero-order valence-electron chi connectivity index (χ0n) is 15.3. The summed E-state index contributed by atoms with van der Waals surface area (Å²) in [7, 11) is 1.36. The van der Waals surface area contributed by atoms with E-state index in [9.17, 15) is 9.59 Å². The molecule has 0 radical (unpaired) electrons. The molecule has 138 valence electrons. The number of nitrogens with one attached hydrogen (secondary N) is 1. The summed E-state index contributed by atoms with van der Waals surface area (Å²) in [5, 5.41) is 3.42. The van der Waals surface area contributed by atoms with Crippen LogP contribution < -0.4 is 5.32 Å². The molecule has 1 amide bonds. The maximum absolute atomic E-state index is 12.8. The molecule has 2 heterocycles. The standard InChI is InChI=1S/C21H19NO4S/c1-11-10-15(12(2)26-11)19(23)22-20-18(21(24)25-3)17-14-7-5-4-6-13(14)8-9-16(17)27-20/h4-7,10H,8-9H2,1-3H3,(H,22,23). The number of ether oxygens (including phenoxy) is 1. The fourth-order valence-electron chi connectivity index (χ4n) is 3.58. The van der Waals surface area contributed by atoms with E-state index in [4.69, 9.17) is 9.15 Å². The summed E-state index contributed by atoms with van der Waals surface area (Å²) >= 11 is 1.44. The molecule has 0 saturated heterocycles. The summed E-state index contributed by atoms with van der Waals surface area (Å²) in [5.74, 6) is 0.488. The van der Waals surface area contributed by atoms with Gasteiger partial charge in [0.15, 0.2) is 0 Å². The molecule has 27 heavy (non-hydrogen) atoms. The van der Waals surface area contributed by atoms with Crippen molar-refractivity contribution in [3.05, 3.63) is 63.4 Å². The average Bonchev–Trinajstić information content (AvgIpc) is 3.20. The summed E-state index contributed by atoms with van der Waals surface area (Å²) < 4.78 is 10.5. The Morgan fingerprint density at radius 1 is 1.19 bits per heavy atom. The van der Waals surface area contributed by atoms with Crippen LogP contribution in [-0.2, 0) is 17.6 Å². The third-order valence-corrected chi connectivity index (χ3v) is 5.96. The van der Waals surface area contributed by atoms with E-state index in [1.54, 1.807) is 19.9 Å². The first-order chi connectivity index (χ1) is 13.0. The predicted octanol–water partition coefficient (Wildman–Crippen LogP) is 4.76. The Morgan fingerprint density at radius 3 is 2.67 bits per heavy atom. The molecular weight excluding hydrogens is 362 g/mol. The molecule has 2 aromatic heterocycles. The van der Waals surface area contributed by atoms with Gasteiger partial charge in [0.05, 0.1) is 12.7 Å². The van der Waals surface area contributed by atoms with E-state index in [1.807, 2.05) is 18.2 Å². The highest BCUT2D eigenvalue weighted by Gasteiger charge is 2.30. The zero-order valence-corrected chi connectivity index (χ0v) is 16.2. The number of rotatable bonds is 3. The molecular formula is C21H19NO4S. The second kappa shape index (κ2) is 6.70. The molecule has 1 N–H and O–H groups in total. The number of hydrogen-bond acceptors (Lipinski definition) is 5. The third kappa shape index (κ3) is 2.96. The van der Waals surface area contributed by atoms with Crippen molar-refractivity contribution in [1.29, 1.82) is 0 Å². The van der Waals surface area contributed by atoms with Gasteiger partial charge in [-0.3, -0.25) is 4.79 Å². The number of benzene rings is 1. The molecule has 0 fully saturated rings. The number of methoxy groups -OCH3 is 1. The minimum atomic E-state index is -0.445. The highest BCUT2D eigenvalue weighted by molar-refractivity contribution is 7.17. The van der Waals surface area contributed by atoms with E-state index >= 15 is 0 Å². The van der Waals surface area contributed by atoms with Crippen LogP contribution in [0.3, 0.4) is 0 Å². The number of carbonyl (C=O) groups excluding carboxylic acids is 2. The number of hydrogen-bond donors (Lipinski definition) is 1. The Bertz CT molecular complexity index is 1060. The van der Waals surface area contributed by atoms with E-state index in [0.29, 0.717) is 27.6 Å². The van der Waals surface area contributed by atoms with Gasteiger partial charge in [0.1, 0.15) is 22.1 Å². The van der Waals surface area contributed by atoms with Crippen LogP contribution in [0.2, 0.25) is 0 Å². The first-order valence-corrected chi connectivity index (χ1v) is 9.52. The smallest absolute Gasteiger partial charge is 0.341 e. The van der Waals surface area contributed by atoms with Crippen molar-refractivity contribution < 1.29 is 18.7 Å². The van der Waals surface area contributed by atoms with Crippen LogP contribution in [0.4, 0.5) is 5.00 Å². The van der Waals surface area contributed by atoms with Gasteiger partial charge in [0, 0.05) is 10.4 Å². The number of thiophene rings is 1. The van der Waals surface area contributed by atoms with Gasteiger partial charge in [-0.25, -0.2) is 4.79 Å². The Morgan fingerprint density at radius 2 is 1.96 bits per heavy atom. The number of esters is 1. The van der Waals surface area contributed by atoms with Crippen molar-refractivity contribution in [2.45, 2.75) is 26.7 Å². The maximum atomic E-state index is 12.8. The van der Waals surface area contributed by atoms with Crippen LogP contribution in [0.1, 0.15) is 42.7 Å². The second-order valence-corrected chi connectivity index (χ2v) is 7.64. The molecule has 5 nitrogen and oxygen atoms in total. The molecule has 0 atom stereocenters. The number of aryl methyl sites for hydroxylation is 4. The van der Waals surface area contributed by atoms with E-state index in [2.05, 4.69) is 11.4 Å². The molecule has 3 aromatic rings. The quantitative estimate of drug-likeness (QED) is 0.664. The number of amides is 1. The molecule has 0 aliphatic heterocycles. The first-order valence-electron chi connectivity index (χ1n) is 8.70. The monoisotopic (exact) mass is 381 g/mol. The van der Waals surface area contributed by atoms with Crippen LogP contribution in [0.15, 0.2) is 34.7 Å². The van der Waals surface area contributed by atoms with Crippen molar-refractivity contribution in [1.82, 2.24) is 0 Å². The summed E-state index contributed by atoms with van der Waals surface area (Å²) in [6, 6.07) is 9.75. The molecule has 1 aromatic carbocycles. The van der Waals surface area contributed by atoms with Crippen LogP contribution >= 0.6 is 11.3 Å². The SMILES string of the molecule is COC(=O)c1c(NC(=O)c2cc(C)oc2C)sc2c1-c1ccccc1CC2. The van der Waals surface area contributed by atoms with Gasteiger partial charge in [0.2, 0.25) is 0 Å². The molecule has 1 aliphatic rings. The van der Waals surface area contributed by atoms with E-state index < -0.39 is 5.97 Å². The van der Waals surface area contributed by atoms with Gasteiger partial charge < -0.3 is 14.5 Å². The summed E-state index contributed by atoms with van der Waals surface area (Å²) in [5.41, 5.74) is 4.01. The highest BCUT2D eigenvalue weighted by Crippen LogP contribution is 2.45. The number of carbonyl (C=O) groups is 2. The Balaban J connectivity index is 1.81.